The van der Waals surface area contributed by atoms with Gasteiger partial charge in [0.1, 0.15) is 29.4 Å². The molecule has 0 spiro atoms. The van der Waals surface area contributed by atoms with Gasteiger partial charge < -0.3 is 64.3 Å². The first-order valence-electron chi connectivity index (χ1n) is 29.5. The molecule has 0 atom stereocenters. The number of piperazine rings is 3. The van der Waals surface area contributed by atoms with E-state index in [0.29, 0.717) is 55.6 Å². The molecule has 9 rings (SSSR count). The Balaban J connectivity index is 0.000000192. The van der Waals surface area contributed by atoms with E-state index in [1.165, 1.54) is 11.1 Å². The van der Waals surface area contributed by atoms with Crippen LogP contribution in [0.1, 0.15) is 125 Å². The fourth-order valence-electron chi connectivity index (χ4n) is 9.98. The van der Waals surface area contributed by atoms with Crippen LogP contribution in [0.15, 0.2) is 60.7 Å². The molecule has 0 unspecified atom stereocenters. The number of aliphatic hydroxyl groups is 2. The van der Waals surface area contributed by atoms with Gasteiger partial charge >= 0.3 is 18.3 Å². The Morgan fingerprint density at radius 2 is 0.877 bits per heavy atom. The van der Waals surface area contributed by atoms with E-state index in [2.05, 4.69) is 44.3 Å². The lowest BCUT2D eigenvalue weighted by Crippen LogP contribution is -2.56. The number of hydrogen-bond donors (Lipinski definition) is 4. The van der Waals surface area contributed by atoms with Gasteiger partial charge in [-0.05, 0) is 125 Å². The fraction of sp³-hybridized carbons (Fsp3) is 0.721. The molecule has 0 bridgehead atoms. The first kappa shape index (κ1) is 67.0. The summed E-state index contributed by atoms with van der Waals surface area (Å²) < 4.78 is 27.4. The smallest absolute Gasteiger partial charge is 0.411 e. The van der Waals surface area contributed by atoms with Crippen molar-refractivity contribution in [2.24, 2.45) is 5.73 Å². The van der Waals surface area contributed by atoms with Crippen molar-refractivity contribution in [3.8, 4) is 0 Å². The number of carbonyl (C=O) groups excluding carboxylic acids is 5. The summed E-state index contributed by atoms with van der Waals surface area (Å²) in [6.45, 7) is 28.8. The normalized spacial score (nSPS) is 25.8. The first-order chi connectivity index (χ1) is 38.4. The monoisotopic (exact) mass is 1140 g/mol. The van der Waals surface area contributed by atoms with E-state index in [1.807, 2.05) is 82.8 Å². The number of nitrogens with two attached hydrogens (primary N) is 1. The third-order valence-corrected chi connectivity index (χ3v) is 14.9. The van der Waals surface area contributed by atoms with Crippen LogP contribution in [0.4, 0.5) is 14.4 Å². The van der Waals surface area contributed by atoms with Crippen LogP contribution in [0.3, 0.4) is 0 Å². The molecule has 3 saturated heterocycles. The minimum Gasteiger partial charge on any atom is -0.444 e. The Hall–Kier alpha value is -4.77. The van der Waals surface area contributed by atoms with Crippen LogP contribution in [0.5, 0.6) is 0 Å². The molecule has 3 amide bonds. The quantitative estimate of drug-likeness (QED) is 0.132. The number of benzene rings is 2. The fourth-order valence-corrected chi connectivity index (χ4v) is 9.98. The molecular weight excluding hydrogens is 1040 g/mol. The maximum atomic E-state index is 12.1. The molecular formula is C61H100N8O12. The summed E-state index contributed by atoms with van der Waals surface area (Å²) in [7, 11) is 0. The van der Waals surface area contributed by atoms with Crippen LogP contribution >= 0.6 is 0 Å². The van der Waals surface area contributed by atoms with Gasteiger partial charge in [-0.1, -0.05) is 60.7 Å². The highest BCUT2D eigenvalue weighted by Gasteiger charge is 2.38. The van der Waals surface area contributed by atoms with Crippen molar-refractivity contribution in [1.82, 2.24) is 34.7 Å². The van der Waals surface area contributed by atoms with Crippen LogP contribution < -0.4 is 11.1 Å². The average molecular weight is 1140 g/mol. The van der Waals surface area contributed by atoms with Crippen molar-refractivity contribution in [3.63, 3.8) is 0 Å². The maximum Gasteiger partial charge on any atom is 0.411 e. The number of nitrogens with one attached hydrogen (secondary N) is 1. The topological polar surface area (TPSA) is 229 Å². The summed E-state index contributed by atoms with van der Waals surface area (Å²) in [5, 5.41) is 21.7. The van der Waals surface area contributed by atoms with Crippen LogP contribution in [0.2, 0.25) is 0 Å². The minimum absolute atomic E-state index is 0.00474. The van der Waals surface area contributed by atoms with Gasteiger partial charge in [-0.25, -0.2) is 14.4 Å². The molecule has 456 valence electrons. The van der Waals surface area contributed by atoms with Crippen molar-refractivity contribution in [2.75, 3.05) is 91.6 Å². The third-order valence-electron chi connectivity index (χ3n) is 14.9. The molecule has 3 aliphatic heterocycles. The van der Waals surface area contributed by atoms with E-state index in [1.54, 1.807) is 25.7 Å². The Morgan fingerprint density at radius 3 is 1.21 bits per heavy atom. The lowest BCUT2D eigenvalue weighted by atomic mass is 9.87. The minimum atomic E-state index is -0.656. The summed E-state index contributed by atoms with van der Waals surface area (Å²) in [6.07, 6.45) is 8.69. The summed E-state index contributed by atoms with van der Waals surface area (Å²) in [4.78, 5) is 67.7. The van der Waals surface area contributed by atoms with Crippen LogP contribution in [-0.4, -0.2) is 227 Å². The predicted molar refractivity (Wildman–Crippen MR) is 311 cm³/mol. The molecule has 5 N–H and O–H groups in total. The first-order valence-corrected chi connectivity index (χ1v) is 29.5. The van der Waals surface area contributed by atoms with Gasteiger partial charge in [0.05, 0.1) is 50.7 Å². The summed E-state index contributed by atoms with van der Waals surface area (Å²) in [5.74, 6) is 0. The molecule has 7 fully saturated rings. The van der Waals surface area contributed by atoms with Crippen molar-refractivity contribution in [1.29, 1.82) is 0 Å². The Morgan fingerprint density at radius 1 is 0.531 bits per heavy atom. The number of ether oxygens (including phenoxy) is 5. The zero-order valence-electron chi connectivity index (χ0n) is 50.3. The van der Waals surface area contributed by atoms with Gasteiger partial charge in [0.25, 0.3) is 0 Å². The Kier molecular flexibility index (Phi) is 27.2. The molecule has 0 aromatic heterocycles. The summed E-state index contributed by atoms with van der Waals surface area (Å²) >= 11 is 0. The standard InChI is InChI=1S/C20H30N2O3.C13H24N2O3.C11H15NO.C9H15NO4.C8H16N2O/c1-20(2,3)25-19(23)22-11-9-21(10-12-22)17-13-18(14-17)24-15-16-7-5-4-6-8-16;1-13(2,3)18-12(17)15-6-4-14(5-7-15)10-8-11(16)9-10;12-10-6-11(7-10)13-8-9-4-2-1-3-5-9;1-9(2,3)14-8(13)10(4-6-11)5-7-12;11-8-5-7(6-8)10-3-1-9-2-4-10/h4-8,17-18H,9-15H2,1-3H3;10-11,16H,4-9H2,1-3H3;1-5,10-11H,6-8,12H2;6-7H,4-5H2,1-3H3;7-9,11H,1-6H2. The van der Waals surface area contributed by atoms with Gasteiger partial charge in [-0.2, -0.15) is 0 Å². The van der Waals surface area contributed by atoms with Crippen molar-refractivity contribution in [3.05, 3.63) is 71.8 Å². The van der Waals surface area contributed by atoms with Crippen LogP contribution in [0.25, 0.3) is 0 Å². The number of amides is 3. The van der Waals surface area contributed by atoms with E-state index >= 15 is 0 Å². The summed E-state index contributed by atoms with van der Waals surface area (Å²) in [6, 6.07) is 22.8. The molecule has 2 aromatic carbocycles. The lowest BCUT2D eigenvalue weighted by molar-refractivity contribution is -0.111. The SMILES string of the molecule is CC(C)(C)OC(=O)N(CC=O)CC=O.CC(C)(C)OC(=O)N1CCN(C2CC(O)C2)CC1.CC(C)(C)OC(=O)N1CCN(C2CC(OCc3ccccc3)C2)CC1.NC1CC(OCc2ccccc2)C1.OC1CC(N2CCNCC2)C1. The number of hydrogen-bond acceptors (Lipinski definition) is 17. The van der Waals surface area contributed by atoms with Crippen LogP contribution in [0, 0.1) is 0 Å². The van der Waals surface area contributed by atoms with Gasteiger partial charge in [0, 0.05) is 103 Å². The molecule has 4 aliphatic carbocycles. The highest BCUT2D eigenvalue weighted by atomic mass is 16.6. The Bertz CT molecular complexity index is 2120. The van der Waals surface area contributed by atoms with Gasteiger partial charge in [-0.3, -0.25) is 19.6 Å². The molecule has 0 radical (unpaired) electrons. The van der Waals surface area contributed by atoms with Crippen LogP contribution in [-0.2, 0) is 46.5 Å². The van der Waals surface area contributed by atoms with E-state index in [0.717, 1.165) is 141 Å². The second kappa shape index (κ2) is 32.9. The second-order valence-corrected chi connectivity index (χ2v) is 25.3. The predicted octanol–water partition coefficient (Wildman–Crippen LogP) is 6.08. The zero-order valence-corrected chi connectivity index (χ0v) is 50.3. The Labute approximate surface area is 483 Å². The molecule has 4 saturated carbocycles. The van der Waals surface area contributed by atoms with Gasteiger partial charge in [-0.15, -0.1) is 0 Å². The molecule has 3 heterocycles. The van der Waals surface area contributed by atoms with E-state index in [-0.39, 0.29) is 37.5 Å². The van der Waals surface area contributed by atoms with E-state index in [4.69, 9.17) is 34.5 Å². The maximum absolute atomic E-state index is 12.1. The van der Waals surface area contributed by atoms with Crippen molar-refractivity contribution < 1.29 is 57.9 Å². The molecule has 81 heavy (non-hydrogen) atoms. The van der Waals surface area contributed by atoms with E-state index in [9.17, 15) is 29.1 Å². The number of nitrogens with zero attached hydrogens (tertiary/aromatic N) is 6. The van der Waals surface area contributed by atoms with E-state index < -0.39 is 22.9 Å². The number of carbonyl (C=O) groups is 5. The number of aliphatic hydroxyl groups excluding tert-OH is 2. The molecule has 20 heteroatoms. The molecule has 7 aliphatic rings. The number of rotatable bonds is 13. The van der Waals surface area contributed by atoms with Crippen molar-refractivity contribution in [2.45, 2.75) is 192 Å². The van der Waals surface area contributed by atoms with Crippen molar-refractivity contribution >= 4 is 30.9 Å². The largest absolute Gasteiger partial charge is 0.444 e. The number of aldehydes is 2. The average Bonchev–Trinajstić information content (AvgIpc) is 3.42. The van der Waals surface area contributed by atoms with Gasteiger partial charge in [0.15, 0.2) is 0 Å². The lowest BCUT2D eigenvalue weighted by Gasteiger charge is -2.46. The molecule has 2 aromatic rings. The molecule has 20 nitrogen and oxygen atoms in total. The second-order valence-electron chi connectivity index (χ2n) is 25.3. The highest BCUT2D eigenvalue weighted by Crippen LogP contribution is 2.31. The third kappa shape index (κ3) is 25.3. The summed E-state index contributed by atoms with van der Waals surface area (Å²) in [5.41, 5.74) is 6.66. The van der Waals surface area contributed by atoms with Gasteiger partial charge in [0.2, 0.25) is 0 Å². The zero-order chi connectivity index (χ0) is 59.2. The highest BCUT2D eigenvalue weighted by molar-refractivity contribution is 5.75.